The van der Waals surface area contributed by atoms with Crippen molar-refractivity contribution in [3.05, 3.63) is 0 Å². The Balaban J connectivity index is 4.30. The van der Waals surface area contributed by atoms with Gasteiger partial charge in [-0.3, -0.25) is 9.69 Å². The van der Waals surface area contributed by atoms with Gasteiger partial charge in [0.15, 0.2) is 0 Å². The molecule has 0 saturated heterocycles. The Kier molecular flexibility index (Phi) is 8.12. The van der Waals surface area contributed by atoms with E-state index in [1.807, 2.05) is 14.1 Å². The summed E-state index contributed by atoms with van der Waals surface area (Å²) in [5, 5.41) is 11.9. The van der Waals surface area contributed by atoms with Crippen LogP contribution >= 0.6 is 0 Å². The van der Waals surface area contributed by atoms with E-state index in [1.54, 1.807) is 7.05 Å². The first-order valence-corrected chi connectivity index (χ1v) is 6.14. The van der Waals surface area contributed by atoms with Crippen LogP contribution in [0.4, 0.5) is 0 Å². The van der Waals surface area contributed by atoms with Crippen molar-refractivity contribution in [3.63, 3.8) is 0 Å². The van der Waals surface area contributed by atoms with Crippen molar-refractivity contribution in [1.29, 1.82) is 0 Å². The predicted octanol–water partition coefficient (Wildman–Crippen LogP) is 0.179. The van der Waals surface area contributed by atoms with Gasteiger partial charge in [0.05, 0.1) is 0 Å². The molecule has 0 aliphatic rings. The van der Waals surface area contributed by atoms with Crippen molar-refractivity contribution in [1.82, 2.24) is 15.1 Å². The number of hydrogen-bond donors (Lipinski definition) is 2. The van der Waals surface area contributed by atoms with Gasteiger partial charge in [0.25, 0.3) is 0 Å². The van der Waals surface area contributed by atoms with Gasteiger partial charge in [0.1, 0.15) is 6.04 Å². The van der Waals surface area contributed by atoms with Crippen molar-refractivity contribution >= 4 is 5.97 Å². The SMILES string of the molecule is CNC(CN(CCN(C)C)CC(C)C)C(=O)O. The second-order valence-corrected chi connectivity index (χ2v) is 5.14. The second-order valence-electron chi connectivity index (χ2n) is 5.14. The minimum absolute atomic E-state index is 0.490. The van der Waals surface area contributed by atoms with Gasteiger partial charge < -0.3 is 15.3 Å². The van der Waals surface area contributed by atoms with Crippen molar-refractivity contribution in [3.8, 4) is 0 Å². The molecule has 17 heavy (non-hydrogen) atoms. The van der Waals surface area contributed by atoms with Crippen LogP contribution in [-0.4, -0.2) is 74.2 Å². The maximum Gasteiger partial charge on any atom is 0.322 e. The van der Waals surface area contributed by atoms with Crippen LogP contribution in [-0.2, 0) is 4.79 Å². The fraction of sp³-hybridized carbons (Fsp3) is 0.917. The molecule has 1 atom stereocenters. The Hall–Kier alpha value is -0.650. The van der Waals surface area contributed by atoms with Crippen LogP contribution in [0.15, 0.2) is 0 Å². The molecule has 0 spiro atoms. The maximum absolute atomic E-state index is 11.0. The lowest BCUT2D eigenvalue weighted by Crippen LogP contribution is -2.47. The van der Waals surface area contributed by atoms with Crippen LogP contribution in [0.3, 0.4) is 0 Å². The monoisotopic (exact) mass is 245 g/mol. The zero-order valence-electron chi connectivity index (χ0n) is 11.7. The summed E-state index contributed by atoms with van der Waals surface area (Å²) in [6.07, 6.45) is 0. The van der Waals surface area contributed by atoms with Gasteiger partial charge in [-0.05, 0) is 27.1 Å². The summed E-state index contributed by atoms with van der Waals surface area (Å²) in [6, 6.07) is -0.490. The highest BCUT2D eigenvalue weighted by Gasteiger charge is 2.19. The van der Waals surface area contributed by atoms with Gasteiger partial charge in [-0.1, -0.05) is 13.8 Å². The Morgan fingerprint density at radius 2 is 1.82 bits per heavy atom. The summed E-state index contributed by atoms with van der Waals surface area (Å²) < 4.78 is 0. The lowest BCUT2D eigenvalue weighted by Gasteiger charge is -2.28. The largest absolute Gasteiger partial charge is 0.480 e. The Morgan fingerprint density at radius 1 is 1.24 bits per heavy atom. The number of likely N-dealkylation sites (N-methyl/N-ethyl adjacent to an activating group) is 2. The number of carboxylic acids is 1. The third-order valence-corrected chi connectivity index (χ3v) is 2.57. The molecule has 0 aromatic rings. The molecule has 5 heteroatoms. The van der Waals surface area contributed by atoms with Crippen LogP contribution < -0.4 is 5.32 Å². The number of carboxylic acid groups (broad SMARTS) is 1. The summed E-state index contributed by atoms with van der Waals surface area (Å²) in [5.74, 6) is -0.241. The molecule has 0 bridgehead atoms. The van der Waals surface area contributed by atoms with Gasteiger partial charge >= 0.3 is 5.97 Å². The first-order valence-electron chi connectivity index (χ1n) is 6.14. The molecule has 0 aromatic heterocycles. The fourth-order valence-electron chi connectivity index (χ4n) is 1.67. The average Bonchev–Trinajstić information content (AvgIpc) is 2.20. The molecule has 0 rings (SSSR count). The van der Waals surface area contributed by atoms with E-state index in [0.29, 0.717) is 12.5 Å². The maximum atomic E-state index is 11.0. The van der Waals surface area contributed by atoms with E-state index >= 15 is 0 Å². The number of nitrogens with one attached hydrogen (secondary N) is 1. The lowest BCUT2D eigenvalue weighted by molar-refractivity contribution is -0.139. The molecule has 2 N–H and O–H groups in total. The first-order chi connectivity index (χ1) is 7.86. The van der Waals surface area contributed by atoms with Crippen LogP contribution in [0.2, 0.25) is 0 Å². The third-order valence-electron chi connectivity index (χ3n) is 2.57. The Bertz CT molecular complexity index is 220. The lowest BCUT2D eigenvalue weighted by atomic mass is 10.2. The van der Waals surface area contributed by atoms with Crippen LogP contribution in [0, 0.1) is 5.92 Å². The minimum atomic E-state index is -0.786. The van der Waals surface area contributed by atoms with Crippen LogP contribution in [0.5, 0.6) is 0 Å². The first kappa shape index (κ1) is 16.4. The van der Waals surface area contributed by atoms with Crippen molar-refractivity contribution in [2.75, 3.05) is 47.3 Å². The third kappa shape index (κ3) is 8.12. The zero-order valence-corrected chi connectivity index (χ0v) is 11.7. The predicted molar refractivity (Wildman–Crippen MR) is 70.3 cm³/mol. The average molecular weight is 245 g/mol. The van der Waals surface area contributed by atoms with E-state index in [-0.39, 0.29) is 0 Å². The van der Waals surface area contributed by atoms with E-state index in [4.69, 9.17) is 5.11 Å². The normalized spacial score (nSPS) is 13.6. The zero-order chi connectivity index (χ0) is 13.4. The molecule has 0 radical (unpaired) electrons. The summed E-state index contributed by atoms with van der Waals surface area (Å²) >= 11 is 0. The highest BCUT2D eigenvalue weighted by atomic mass is 16.4. The van der Waals surface area contributed by atoms with Gasteiger partial charge in [0, 0.05) is 26.2 Å². The van der Waals surface area contributed by atoms with Crippen molar-refractivity contribution in [2.24, 2.45) is 5.92 Å². The molecule has 5 nitrogen and oxygen atoms in total. The van der Waals surface area contributed by atoms with Gasteiger partial charge in [-0.15, -0.1) is 0 Å². The summed E-state index contributed by atoms with van der Waals surface area (Å²) in [5.41, 5.74) is 0. The molecule has 0 amide bonds. The fourth-order valence-corrected chi connectivity index (χ4v) is 1.67. The topological polar surface area (TPSA) is 55.8 Å². The smallest absolute Gasteiger partial charge is 0.322 e. The van der Waals surface area contributed by atoms with E-state index in [9.17, 15) is 4.79 Å². The number of hydrogen-bond acceptors (Lipinski definition) is 4. The molecule has 0 heterocycles. The molecule has 102 valence electrons. The number of carbonyl (C=O) groups is 1. The highest BCUT2D eigenvalue weighted by Crippen LogP contribution is 2.01. The minimum Gasteiger partial charge on any atom is -0.480 e. The second kappa shape index (κ2) is 8.44. The number of nitrogens with zero attached hydrogens (tertiary/aromatic N) is 2. The van der Waals surface area contributed by atoms with E-state index < -0.39 is 12.0 Å². The quantitative estimate of drug-likeness (QED) is 0.607. The van der Waals surface area contributed by atoms with Gasteiger partial charge in [-0.25, -0.2) is 0 Å². The molecule has 1 unspecified atom stereocenters. The molecule has 0 saturated carbocycles. The van der Waals surface area contributed by atoms with Gasteiger partial charge in [-0.2, -0.15) is 0 Å². The molecule has 0 fully saturated rings. The van der Waals surface area contributed by atoms with Gasteiger partial charge in [0.2, 0.25) is 0 Å². The molecular formula is C12H27N3O2. The van der Waals surface area contributed by atoms with E-state index in [0.717, 1.165) is 19.6 Å². The van der Waals surface area contributed by atoms with Crippen LogP contribution in [0.25, 0.3) is 0 Å². The summed E-state index contributed by atoms with van der Waals surface area (Å²) in [6.45, 7) is 7.63. The van der Waals surface area contributed by atoms with E-state index in [1.165, 1.54) is 0 Å². The number of rotatable bonds is 9. The van der Waals surface area contributed by atoms with Crippen molar-refractivity contribution < 1.29 is 9.90 Å². The summed E-state index contributed by atoms with van der Waals surface area (Å²) in [7, 11) is 5.75. The molecular weight excluding hydrogens is 218 g/mol. The van der Waals surface area contributed by atoms with E-state index in [2.05, 4.69) is 29.0 Å². The highest BCUT2D eigenvalue weighted by molar-refractivity contribution is 5.73. The Morgan fingerprint density at radius 3 is 2.18 bits per heavy atom. The molecule has 0 aliphatic carbocycles. The number of aliphatic carboxylic acids is 1. The van der Waals surface area contributed by atoms with Crippen LogP contribution in [0.1, 0.15) is 13.8 Å². The summed E-state index contributed by atoms with van der Waals surface area (Å²) in [4.78, 5) is 15.3. The Labute approximate surface area is 105 Å². The standard InChI is InChI=1S/C12H27N3O2/c1-10(2)8-15(7-6-14(4)5)9-11(13-3)12(16)17/h10-11,13H,6-9H2,1-5H3,(H,16,17). The van der Waals surface area contributed by atoms with Crippen molar-refractivity contribution in [2.45, 2.75) is 19.9 Å². The molecule has 0 aliphatic heterocycles. The molecule has 0 aromatic carbocycles.